The summed E-state index contributed by atoms with van der Waals surface area (Å²) >= 11 is 6.31. The van der Waals surface area contributed by atoms with Crippen molar-refractivity contribution in [2.75, 3.05) is 36.4 Å². The molecule has 2 aliphatic rings. The third kappa shape index (κ3) is 5.53. The van der Waals surface area contributed by atoms with E-state index in [1.807, 2.05) is 4.90 Å². The molecule has 2 aliphatic heterocycles. The third-order valence-corrected chi connectivity index (χ3v) is 5.52. The fourth-order valence-corrected chi connectivity index (χ4v) is 4.01. The van der Waals surface area contributed by atoms with Gasteiger partial charge in [-0.05, 0) is 39.0 Å². The Kier molecular flexibility index (Phi) is 6.43. The summed E-state index contributed by atoms with van der Waals surface area (Å²) in [5.41, 5.74) is -0.725. The van der Waals surface area contributed by atoms with E-state index in [4.69, 9.17) is 16.3 Å². The van der Waals surface area contributed by atoms with Crippen molar-refractivity contribution < 1.29 is 32.2 Å². The lowest BCUT2D eigenvalue weighted by molar-refractivity contribution is -0.206. The van der Waals surface area contributed by atoms with Crippen LogP contribution in [0.15, 0.2) is 24.4 Å². The SMILES string of the molecule is CC(C)(C)OC(=O)N1CCN(c2cc(Cl)cc(-c3ccnc4c3C(C(F)(F)F)OC(=O)N4)n2)CC1. The number of piperazine rings is 1. The first-order valence-electron chi connectivity index (χ1n) is 10.8. The number of carbonyl (C=O) groups is 2. The molecule has 2 aromatic heterocycles. The highest BCUT2D eigenvalue weighted by Gasteiger charge is 2.49. The van der Waals surface area contributed by atoms with Crippen LogP contribution in [0.25, 0.3) is 11.3 Å². The molecule has 1 atom stereocenters. The molecule has 1 saturated heterocycles. The number of hydrogen-bond acceptors (Lipinski definition) is 7. The Hall–Kier alpha value is -3.28. The van der Waals surface area contributed by atoms with Gasteiger partial charge in [0, 0.05) is 43.0 Å². The summed E-state index contributed by atoms with van der Waals surface area (Å²) in [6, 6.07) is 4.39. The van der Waals surface area contributed by atoms with Gasteiger partial charge in [-0.1, -0.05) is 11.6 Å². The molecule has 188 valence electrons. The zero-order valence-electron chi connectivity index (χ0n) is 19.1. The fraction of sp³-hybridized carbons (Fsp3) is 0.455. The molecule has 1 unspecified atom stereocenters. The van der Waals surface area contributed by atoms with Gasteiger partial charge in [-0.2, -0.15) is 13.2 Å². The minimum atomic E-state index is -4.86. The Morgan fingerprint density at radius 3 is 2.51 bits per heavy atom. The second-order valence-corrected chi connectivity index (χ2v) is 9.49. The number of ether oxygens (including phenoxy) is 2. The molecular weight excluding hydrogens is 491 g/mol. The van der Waals surface area contributed by atoms with Crippen molar-refractivity contribution in [2.45, 2.75) is 38.7 Å². The van der Waals surface area contributed by atoms with Gasteiger partial charge in [0.1, 0.15) is 17.2 Å². The van der Waals surface area contributed by atoms with Crippen LogP contribution in [0, 0.1) is 0 Å². The van der Waals surface area contributed by atoms with Crippen LogP contribution < -0.4 is 10.2 Å². The maximum absolute atomic E-state index is 13.7. The number of alkyl halides is 3. The standard InChI is InChI=1S/C22H23ClF3N5O4/c1-21(2,3)35-20(33)31-8-6-30(7-9-31)15-11-12(23)10-14(28-15)13-4-5-27-18-16(13)17(22(24,25)26)34-19(32)29-18/h4-5,10-11,17H,6-9H2,1-3H3,(H,27,29,32). The van der Waals surface area contributed by atoms with Crippen molar-refractivity contribution in [3.05, 3.63) is 35.0 Å². The average molecular weight is 514 g/mol. The van der Waals surface area contributed by atoms with E-state index in [9.17, 15) is 22.8 Å². The summed E-state index contributed by atoms with van der Waals surface area (Å²) in [6.07, 6.45) is -7.75. The number of nitrogens with zero attached hydrogens (tertiary/aromatic N) is 4. The van der Waals surface area contributed by atoms with Crippen LogP contribution >= 0.6 is 11.6 Å². The number of pyridine rings is 2. The van der Waals surface area contributed by atoms with Gasteiger partial charge in [0.15, 0.2) is 0 Å². The molecule has 0 aliphatic carbocycles. The zero-order chi connectivity index (χ0) is 25.5. The van der Waals surface area contributed by atoms with Gasteiger partial charge in [0.05, 0.1) is 11.3 Å². The van der Waals surface area contributed by atoms with E-state index in [1.54, 1.807) is 31.7 Å². The Bertz CT molecular complexity index is 1150. The highest BCUT2D eigenvalue weighted by Crippen LogP contribution is 2.45. The van der Waals surface area contributed by atoms with Gasteiger partial charge >= 0.3 is 18.4 Å². The number of fused-ring (bicyclic) bond motifs is 1. The molecule has 0 aromatic carbocycles. The molecule has 4 heterocycles. The quantitative estimate of drug-likeness (QED) is 0.602. The number of anilines is 2. The van der Waals surface area contributed by atoms with E-state index >= 15 is 0 Å². The van der Waals surface area contributed by atoms with Crippen LogP contribution in [0.1, 0.15) is 32.4 Å². The lowest BCUT2D eigenvalue weighted by Crippen LogP contribution is -2.50. The molecule has 9 nitrogen and oxygen atoms in total. The van der Waals surface area contributed by atoms with Crippen molar-refractivity contribution in [1.82, 2.24) is 14.9 Å². The summed E-state index contributed by atoms with van der Waals surface area (Å²) < 4.78 is 51.1. The lowest BCUT2D eigenvalue weighted by Gasteiger charge is -2.36. The van der Waals surface area contributed by atoms with E-state index in [-0.39, 0.29) is 27.7 Å². The molecule has 0 radical (unpaired) electrons. The van der Waals surface area contributed by atoms with Gasteiger partial charge in [0.2, 0.25) is 6.10 Å². The van der Waals surface area contributed by atoms with Gasteiger partial charge < -0.3 is 19.3 Å². The monoisotopic (exact) mass is 513 g/mol. The predicted molar refractivity (Wildman–Crippen MR) is 121 cm³/mol. The number of hydrogen-bond donors (Lipinski definition) is 1. The number of halogens is 4. The number of cyclic esters (lactones) is 1. The van der Waals surface area contributed by atoms with Crippen LogP contribution in [-0.4, -0.2) is 65.0 Å². The van der Waals surface area contributed by atoms with Gasteiger partial charge in [-0.15, -0.1) is 0 Å². The van der Waals surface area contributed by atoms with Crippen LogP contribution in [0.5, 0.6) is 0 Å². The Labute approximate surface area is 204 Å². The average Bonchev–Trinajstić information content (AvgIpc) is 2.76. The Morgan fingerprint density at radius 2 is 1.89 bits per heavy atom. The first kappa shape index (κ1) is 24.8. The number of nitrogens with one attached hydrogen (secondary N) is 1. The van der Waals surface area contributed by atoms with Crippen LogP contribution in [0.4, 0.5) is 34.4 Å². The van der Waals surface area contributed by atoms with E-state index in [0.717, 1.165) is 0 Å². The highest BCUT2D eigenvalue weighted by molar-refractivity contribution is 6.31. The maximum atomic E-state index is 13.7. The van der Waals surface area contributed by atoms with Crippen molar-refractivity contribution in [2.24, 2.45) is 0 Å². The van der Waals surface area contributed by atoms with Crippen molar-refractivity contribution in [3.8, 4) is 11.3 Å². The minimum absolute atomic E-state index is 0.0773. The first-order chi connectivity index (χ1) is 16.3. The van der Waals surface area contributed by atoms with Crippen molar-refractivity contribution in [3.63, 3.8) is 0 Å². The normalized spacial score (nSPS) is 18.5. The van der Waals surface area contributed by atoms with Crippen LogP contribution in [0.3, 0.4) is 0 Å². The summed E-state index contributed by atoms with van der Waals surface area (Å²) in [6.45, 7) is 6.95. The Morgan fingerprint density at radius 1 is 1.20 bits per heavy atom. The predicted octanol–water partition coefficient (Wildman–Crippen LogP) is 5.02. The largest absolute Gasteiger partial charge is 0.444 e. The molecule has 0 saturated carbocycles. The zero-order valence-corrected chi connectivity index (χ0v) is 19.9. The van der Waals surface area contributed by atoms with Crippen molar-refractivity contribution in [1.29, 1.82) is 0 Å². The topological polar surface area (TPSA) is 96.9 Å². The van der Waals surface area contributed by atoms with E-state index in [2.05, 4.69) is 20.0 Å². The summed E-state index contributed by atoms with van der Waals surface area (Å²) in [5, 5.41) is 2.46. The Balaban J connectivity index is 1.62. The van der Waals surface area contributed by atoms with E-state index in [1.165, 1.54) is 18.3 Å². The van der Waals surface area contributed by atoms with Gasteiger partial charge in [0.25, 0.3) is 0 Å². The summed E-state index contributed by atoms with van der Waals surface area (Å²) in [5.74, 6) is 0.182. The molecule has 4 rings (SSSR count). The maximum Gasteiger partial charge on any atom is 0.430 e. The molecule has 0 spiro atoms. The lowest BCUT2D eigenvalue weighted by atomic mass is 9.99. The number of amides is 2. The van der Waals surface area contributed by atoms with Gasteiger partial charge in [-0.3, -0.25) is 5.32 Å². The second-order valence-electron chi connectivity index (χ2n) is 9.06. The third-order valence-electron chi connectivity index (χ3n) is 5.30. The molecular formula is C22H23ClF3N5O4. The molecule has 13 heteroatoms. The van der Waals surface area contributed by atoms with Crippen molar-refractivity contribution >= 4 is 35.4 Å². The molecule has 1 N–H and O–H groups in total. The minimum Gasteiger partial charge on any atom is -0.444 e. The fourth-order valence-electron chi connectivity index (χ4n) is 3.81. The summed E-state index contributed by atoms with van der Waals surface area (Å²) in [4.78, 5) is 35.9. The molecule has 2 aromatic rings. The van der Waals surface area contributed by atoms with Gasteiger partial charge in [-0.25, -0.2) is 19.6 Å². The van der Waals surface area contributed by atoms with Crippen LogP contribution in [-0.2, 0) is 9.47 Å². The first-order valence-corrected chi connectivity index (χ1v) is 11.1. The van der Waals surface area contributed by atoms with E-state index < -0.39 is 30.1 Å². The van der Waals surface area contributed by atoms with Crippen LogP contribution in [0.2, 0.25) is 5.02 Å². The van der Waals surface area contributed by atoms with E-state index in [0.29, 0.717) is 32.0 Å². The molecule has 1 fully saturated rings. The number of rotatable bonds is 2. The summed E-state index contributed by atoms with van der Waals surface area (Å²) in [7, 11) is 0. The smallest absolute Gasteiger partial charge is 0.430 e. The molecule has 2 amide bonds. The second kappa shape index (κ2) is 9.06. The number of aromatic nitrogens is 2. The molecule has 0 bridgehead atoms. The molecule has 35 heavy (non-hydrogen) atoms. The highest BCUT2D eigenvalue weighted by atomic mass is 35.5. The number of carbonyl (C=O) groups excluding carboxylic acids is 2.